The number of alkyl halides is 3. The smallest absolute Gasteiger partial charge is 0.402 e. The number of nitrogens with one attached hydrogen (secondary N) is 2. The predicted molar refractivity (Wildman–Crippen MR) is 62.7 cm³/mol. The van der Waals surface area contributed by atoms with E-state index in [4.69, 9.17) is 5.21 Å². The molecule has 0 aliphatic carbocycles. The average Bonchev–Trinajstić information content (AvgIpc) is 2.72. The molecular formula is C7H9F3N4O3S2. The lowest BCUT2D eigenvalue weighted by Gasteiger charge is -2.09. The van der Waals surface area contributed by atoms with E-state index in [-0.39, 0.29) is 16.5 Å². The van der Waals surface area contributed by atoms with Gasteiger partial charge in [0.15, 0.2) is 5.13 Å². The van der Waals surface area contributed by atoms with Crippen LogP contribution in [0.15, 0.2) is 10.5 Å². The summed E-state index contributed by atoms with van der Waals surface area (Å²) >= 11 is 0.839. The highest BCUT2D eigenvalue weighted by Gasteiger charge is 2.29. The zero-order valence-corrected chi connectivity index (χ0v) is 11.0. The molecule has 7 nitrogen and oxygen atoms in total. The van der Waals surface area contributed by atoms with Crippen molar-refractivity contribution in [1.29, 1.82) is 0 Å². The molecule has 0 amide bonds. The van der Waals surface area contributed by atoms with E-state index in [0.717, 1.165) is 11.3 Å². The van der Waals surface area contributed by atoms with Gasteiger partial charge in [-0.15, -0.1) is 11.3 Å². The summed E-state index contributed by atoms with van der Waals surface area (Å²) in [5.74, 6) is 0. The van der Waals surface area contributed by atoms with Gasteiger partial charge < -0.3 is 5.21 Å². The Bertz CT molecular complexity index is 566. The second-order valence-electron chi connectivity index (χ2n) is 3.27. The van der Waals surface area contributed by atoms with Crippen LogP contribution in [-0.4, -0.2) is 37.0 Å². The number of hydrogen-bond donors (Lipinski definition) is 3. The van der Waals surface area contributed by atoms with Gasteiger partial charge in [0, 0.05) is 5.38 Å². The number of hydrogen-bond acceptors (Lipinski definition) is 6. The zero-order chi connectivity index (χ0) is 14.7. The maximum absolute atomic E-state index is 11.9. The monoisotopic (exact) mass is 318 g/mol. The van der Waals surface area contributed by atoms with Crippen LogP contribution in [0, 0.1) is 0 Å². The van der Waals surface area contributed by atoms with Crippen molar-refractivity contribution in [2.75, 3.05) is 11.3 Å². The molecule has 0 saturated heterocycles. The molecule has 12 heteroatoms. The molecule has 0 unspecified atom stereocenters. The quantitative estimate of drug-likeness (QED) is 0.430. The molecule has 19 heavy (non-hydrogen) atoms. The SMILES string of the molecule is CC(=NO)c1csc(NS(=O)(=O)NCC(F)(F)F)n1. The van der Waals surface area contributed by atoms with Crippen LogP contribution in [-0.2, 0) is 10.2 Å². The van der Waals surface area contributed by atoms with Crippen LogP contribution in [0.1, 0.15) is 12.6 Å². The highest BCUT2D eigenvalue weighted by molar-refractivity contribution is 7.91. The second kappa shape index (κ2) is 5.71. The highest BCUT2D eigenvalue weighted by Crippen LogP contribution is 2.18. The standard InChI is InChI=1S/C7H9F3N4O3S2/c1-4(13-15)5-2-18-6(12-5)14-19(16,17)11-3-7(8,9)10/h2,11,15H,3H2,1H3,(H,12,14). The fraction of sp³-hybridized carbons (Fsp3) is 0.429. The fourth-order valence-corrected chi connectivity index (χ4v) is 2.69. The van der Waals surface area contributed by atoms with Gasteiger partial charge in [0.1, 0.15) is 18.0 Å². The Morgan fingerprint density at radius 3 is 2.74 bits per heavy atom. The predicted octanol–water partition coefficient (Wildman–Crippen LogP) is 1.15. The number of nitrogens with zero attached hydrogens (tertiary/aromatic N) is 2. The molecule has 0 aromatic carbocycles. The van der Waals surface area contributed by atoms with Gasteiger partial charge >= 0.3 is 16.4 Å². The lowest BCUT2D eigenvalue weighted by Crippen LogP contribution is -2.37. The van der Waals surface area contributed by atoms with Crippen molar-refractivity contribution in [2.45, 2.75) is 13.1 Å². The third kappa shape index (κ3) is 5.40. The van der Waals surface area contributed by atoms with E-state index < -0.39 is 22.9 Å². The van der Waals surface area contributed by atoms with Crippen LogP contribution >= 0.6 is 11.3 Å². The molecule has 0 atom stereocenters. The zero-order valence-electron chi connectivity index (χ0n) is 9.39. The molecule has 0 fully saturated rings. The summed E-state index contributed by atoms with van der Waals surface area (Å²) in [6.07, 6.45) is -4.65. The first-order valence-corrected chi connectivity index (χ1v) is 6.98. The maximum Gasteiger partial charge on any atom is 0.402 e. The van der Waals surface area contributed by atoms with Gasteiger partial charge in [-0.2, -0.15) is 26.3 Å². The van der Waals surface area contributed by atoms with E-state index in [1.165, 1.54) is 17.0 Å². The van der Waals surface area contributed by atoms with Gasteiger partial charge in [-0.25, -0.2) is 9.71 Å². The highest BCUT2D eigenvalue weighted by atomic mass is 32.2. The first kappa shape index (κ1) is 15.7. The number of halogens is 3. The molecule has 0 aliphatic rings. The number of anilines is 1. The van der Waals surface area contributed by atoms with Crippen molar-refractivity contribution < 1.29 is 26.8 Å². The first-order valence-electron chi connectivity index (χ1n) is 4.61. The Hall–Kier alpha value is -1.40. The Kier molecular flexibility index (Phi) is 4.70. The molecule has 0 radical (unpaired) electrons. The summed E-state index contributed by atoms with van der Waals surface area (Å²) in [6.45, 7) is -0.257. The largest absolute Gasteiger partial charge is 0.411 e. The van der Waals surface area contributed by atoms with Crippen molar-refractivity contribution in [3.05, 3.63) is 11.1 Å². The van der Waals surface area contributed by atoms with Crippen molar-refractivity contribution in [2.24, 2.45) is 5.16 Å². The Balaban J connectivity index is 2.71. The summed E-state index contributed by atoms with van der Waals surface area (Å²) in [7, 11) is -4.36. The Morgan fingerprint density at radius 2 is 2.21 bits per heavy atom. The molecule has 0 spiro atoms. The lowest BCUT2D eigenvalue weighted by molar-refractivity contribution is -0.121. The minimum absolute atomic E-state index is 0.143. The summed E-state index contributed by atoms with van der Waals surface area (Å²) < 4.78 is 61.3. The van der Waals surface area contributed by atoms with Crippen LogP contribution in [0.4, 0.5) is 18.3 Å². The van der Waals surface area contributed by atoms with Gasteiger partial charge in [-0.1, -0.05) is 5.16 Å². The van der Waals surface area contributed by atoms with Crippen molar-refractivity contribution in [3.63, 3.8) is 0 Å². The van der Waals surface area contributed by atoms with E-state index in [1.807, 2.05) is 4.72 Å². The average molecular weight is 318 g/mol. The summed E-state index contributed by atoms with van der Waals surface area (Å²) in [4.78, 5) is 3.73. The van der Waals surface area contributed by atoms with Crippen LogP contribution in [0.3, 0.4) is 0 Å². The van der Waals surface area contributed by atoms with Crippen molar-refractivity contribution >= 4 is 32.4 Å². The molecule has 1 aromatic rings. The second-order valence-corrected chi connectivity index (χ2v) is 5.62. The maximum atomic E-state index is 11.9. The molecule has 0 bridgehead atoms. The van der Waals surface area contributed by atoms with Gasteiger partial charge in [0.05, 0.1) is 0 Å². The van der Waals surface area contributed by atoms with Gasteiger partial charge in [-0.3, -0.25) is 0 Å². The molecule has 0 aliphatic heterocycles. The van der Waals surface area contributed by atoms with Gasteiger partial charge in [0.2, 0.25) is 0 Å². The molecule has 3 N–H and O–H groups in total. The molecule has 1 rings (SSSR count). The molecular weight excluding hydrogens is 309 g/mol. The van der Waals surface area contributed by atoms with Crippen LogP contribution in [0.2, 0.25) is 0 Å². The van der Waals surface area contributed by atoms with Crippen LogP contribution < -0.4 is 9.44 Å². The number of rotatable bonds is 5. The number of aromatic nitrogens is 1. The van der Waals surface area contributed by atoms with E-state index in [0.29, 0.717) is 0 Å². The minimum atomic E-state index is -4.65. The van der Waals surface area contributed by atoms with E-state index in [1.54, 1.807) is 0 Å². The third-order valence-corrected chi connectivity index (χ3v) is 3.58. The fourth-order valence-electron chi connectivity index (χ4n) is 0.866. The van der Waals surface area contributed by atoms with Gasteiger partial charge in [0.25, 0.3) is 0 Å². The lowest BCUT2D eigenvalue weighted by atomic mass is 10.3. The van der Waals surface area contributed by atoms with E-state index in [9.17, 15) is 21.6 Å². The molecule has 1 heterocycles. The summed E-state index contributed by atoms with van der Waals surface area (Å²) in [6, 6.07) is 0. The summed E-state index contributed by atoms with van der Waals surface area (Å²) in [5.41, 5.74) is 0.353. The summed E-state index contributed by atoms with van der Waals surface area (Å²) in [5, 5.41) is 12.6. The first-order chi connectivity index (χ1) is 8.63. The Morgan fingerprint density at radius 1 is 1.58 bits per heavy atom. The minimum Gasteiger partial charge on any atom is -0.411 e. The topological polar surface area (TPSA) is 104 Å². The van der Waals surface area contributed by atoms with Crippen molar-refractivity contribution in [3.8, 4) is 0 Å². The normalized spacial score (nSPS) is 13.6. The van der Waals surface area contributed by atoms with Crippen LogP contribution in [0.25, 0.3) is 0 Å². The van der Waals surface area contributed by atoms with E-state index in [2.05, 4.69) is 10.1 Å². The molecule has 1 aromatic heterocycles. The molecule has 108 valence electrons. The number of thiazole rings is 1. The Labute approximate surface area is 110 Å². The van der Waals surface area contributed by atoms with Crippen molar-refractivity contribution in [1.82, 2.24) is 9.71 Å². The van der Waals surface area contributed by atoms with Crippen LogP contribution in [0.5, 0.6) is 0 Å². The van der Waals surface area contributed by atoms with Gasteiger partial charge in [-0.05, 0) is 6.92 Å². The third-order valence-electron chi connectivity index (χ3n) is 1.71. The van der Waals surface area contributed by atoms with E-state index >= 15 is 0 Å². The number of oxime groups is 1. The molecule has 0 saturated carbocycles.